The Morgan fingerprint density at radius 1 is 1.35 bits per heavy atom. The molecule has 0 spiro atoms. The van der Waals surface area contributed by atoms with Crippen LogP contribution in [-0.2, 0) is 16.0 Å². The van der Waals surface area contributed by atoms with Gasteiger partial charge in [0, 0.05) is 13.5 Å². The summed E-state index contributed by atoms with van der Waals surface area (Å²) < 4.78 is 5.26. The molecule has 0 saturated heterocycles. The molecule has 1 aliphatic carbocycles. The van der Waals surface area contributed by atoms with Crippen molar-refractivity contribution in [1.82, 2.24) is 4.90 Å². The van der Waals surface area contributed by atoms with E-state index in [2.05, 4.69) is 12.1 Å². The Kier molecular flexibility index (Phi) is 4.97. The highest BCUT2D eigenvalue weighted by molar-refractivity contribution is 5.80. The van der Waals surface area contributed by atoms with Crippen LogP contribution in [0.25, 0.3) is 0 Å². The Bertz CT molecular complexity index is 587. The lowest BCUT2D eigenvalue weighted by Gasteiger charge is -2.28. The van der Waals surface area contributed by atoms with Gasteiger partial charge in [0.25, 0.3) is 0 Å². The molecule has 1 amide bonds. The molecule has 5 heteroatoms. The molecule has 1 aromatic carbocycles. The zero-order valence-electron chi connectivity index (χ0n) is 14.2. The van der Waals surface area contributed by atoms with Crippen molar-refractivity contribution >= 4 is 12.1 Å². The molecule has 0 heterocycles. The average molecular weight is 319 g/mol. The molecule has 1 aromatic rings. The molecule has 0 bridgehead atoms. The third-order valence-electron chi connectivity index (χ3n) is 3.86. The molecule has 0 unspecified atom stereocenters. The lowest BCUT2D eigenvalue weighted by atomic mass is 10.0. The van der Waals surface area contributed by atoms with Gasteiger partial charge in [0.2, 0.25) is 0 Å². The molecule has 0 aliphatic heterocycles. The van der Waals surface area contributed by atoms with Crippen molar-refractivity contribution in [2.24, 2.45) is 0 Å². The van der Waals surface area contributed by atoms with Crippen LogP contribution >= 0.6 is 0 Å². The van der Waals surface area contributed by atoms with Crippen molar-refractivity contribution in [1.29, 1.82) is 0 Å². The van der Waals surface area contributed by atoms with Crippen LogP contribution in [0.4, 0.5) is 4.79 Å². The van der Waals surface area contributed by atoms with Crippen molar-refractivity contribution in [3.05, 3.63) is 35.4 Å². The average Bonchev–Trinajstić information content (AvgIpc) is 3.26. The number of carboxylic acids is 1. The SMILES string of the molecule is CN(C(=O)OC(C)(C)C)[C@@H](Cc1cccc(C2CC2)c1)C(=O)O. The smallest absolute Gasteiger partial charge is 0.410 e. The number of nitrogens with zero attached hydrogens (tertiary/aromatic N) is 1. The Hall–Kier alpha value is -2.04. The quantitative estimate of drug-likeness (QED) is 0.903. The summed E-state index contributed by atoms with van der Waals surface area (Å²) in [7, 11) is 1.47. The van der Waals surface area contributed by atoms with E-state index in [9.17, 15) is 14.7 Å². The van der Waals surface area contributed by atoms with Crippen molar-refractivity contribution in [3.8, 4) is 0 Å². The van der Waals surface area contributed by atoms with Crippen molar-refractivity contribution in [3.63, 3.8) is 0 Å². The van der Waals surface area contributed by atoms with Gasteiger partial charge in [-0.05, 0) is 50.7 Å². The van der Waals surface area contributed by atoms with Gasteiger partial charge in [-0.15, -0.1) is 0 Å². The molecule has 1 fully saturated rings. The van der Waals surface area contributed by atoms with Crippen LogP contribution in [0.2, 0.25) is 0 Å². The molecule has 5 nitrogen and oxygen atoms in total. The molecular weight excluding hydrogens is 294 g/mol. The van der Waals surface area contributed by atoms with E-state index in [1.165, 1.54) is 25.5 Å². The standard InChI is InChI=1S/C18H25NO4/c1-18(2,3)23-17(22)19(4)15(16(20)21)11-12-6-5-7-14(10-12)13-8-9-13/h5-7,10,13,15H,8-9,11H2,1-4H3,(H,20,21)/t15-/m0/s1. The van der Waals surface area contributed by atoms with Crippen LogP contribution < -0.4 is 0 Å². The van der Waals surface area contributed by atoms with E-state index in [0.29, 0.717) is 5.92 Å². The van der Waals surface area contributed by atoms with E-state index in [1.807, 2.05) is 12.1 Å². The van der Waals surface area contributed by atoms with Crippen molar-refractivity contribution < 1.29 is 19.4 Å². The van der Waals surface area contributed by atoms with Crippen LogP contribution in [-0.4, -0.2) is 40.8 Å². The summed E-state index contributed by atoms with van der Waals surface area (Å²) in [6.45, 7) is 5.27. The van der Waals surface area contributed by atoms with Crippen LogP contribution in [0.15, 0.2) is 24.3 Å². The molecule has 0 radical (unpaired) electrons. The van der Waals surface area contributed by atoms with Crippen LogP contribution in [0.1, 0.15) is 50.7 Å². The Morgan fingerprint density at radius 3 is 2.52 bits per heavy atom. The first-order chi connectivity index (χ1) is 10.7. The number of carbonyl (C=O) groups excluding carboxylic acids is 1. The summed E-state index contributed by atoms with van der Waals surface area (Å²) in [5.41, 5.74) is 1.53. The normalized spacial score (nSPS) is 15.8. The summed E-state index contributed by atoms with van der Waals surface area (Å²) in [6, 6.07) is 7.05. The van der Waals surface area contributed by atoms with Gasteiger partial charge in [0.05, 0.1) is 0 Å². The Balaban J connectivity index is 2.10. The molecule has 2 rings (SSSR count). The molecular formula is C18H25NO4. The number of aliphatic carboxylic acids is 1. The Labute approximate surface area is 137 Å². The van der Waals surface area contributed by atoms with Gasteiger partial charge in [-0.3, -0.25) is 4.90 Å². The van der Waals surface area contributed by atoms with E-state index >= 15 is 0 Å². The zero-order valence-corrected chi connectivity index (χ0v) is 14.2. The van der Waals surface area contributed by atoms with Crippen molar-refractivity contribution in [2.75, 3.05) is 7.05 Å². The molecule has 1 aliphatic rings. The first kappa shape index (κ1) is 17.3. The van der Waals surface area contributed by atoms with Gasteiger partial charge in [0.15, 0.2) is 0 Å². The molecule has 126 valence electrons. The van der Waals surface area contributed by atoms with Gasteiger partial charge in [-0.25, -0.2) is 9.59 Å². The van der Waals surface area contributed by atoms with Gasteiger partial charge >= 0.3 is 12.1 Å². The fourth-order valence-electron chi connectivity index (χ4n) is 2.47. The molecule has 0 aromatic heterocycles. The lowest BCUT2D eigenvalue weighted by Crippen LogP contribution is -2.46. The van der Waals surface area contributed by atoms with E-state index in [-0.39, 0.29) is 6.42 Å². The lowest BCUT2D eigenvalue weighted by molar-refractivity contribution is -0.142. The zero-order chi connectivity index (χ0) is 17.2. The maximum atomic E-state index is 12.1. The summed E-state index contributed by atoms with van der Waals surface area (Å²) in [5, 5.41) is 9.49. The topological polar surface area (TPSA) is 66.8 Å². The second kappa shape index (κ2) is 6.60. The molecule has 1 saturated carbocycles. The van der Waals surface area contributed by atoms with E-state index in [4.69, 9.17) is 4.74 Å². The number of amides is 1. The number of carbonyl (C=O) groups is 2. The fourth-order valence-corrected chi connectivity index (χ4v) is 2.47. The summed E-state index contributed by atoms with van der Waals surface area (Å²) >= 11 is 0. The highest BCUT2D eigenvalue weighted by atomic mass is 16.6. The van der Waals surface area contributed by atoms with Crippen LogP contribution in [0, 0.1) is 0 Å². The van der Waals surface area contributed by atoms with E-state index in [0.717, 1.165) is 10.5 Å². The van der Waals surface area contributed by atoms with E-state index in [1.54, 1.807) is 20.8 Å². The number of benzene rings is 1. The third-order valence-corrected chi connectivity index (χ3v) is 3.86. The maximum Gasteiger partial charge on any atom is 0.410 e. The maximum absolute atomic E-state index is 12.1. The Morgan fingerprint density at radius 2 is 2.00 bits per heavy atom. The summed E-state index contributed by atoms with van der Waals surface area (Å²) in [6.07, 6.45) is 2.04. The minimum absolute atomic E-state index is 0.269. The first-order valence-corrected chi connectivity index (χ1v) is 7.95. The number of ether oxygens (including phenoxy) is 1. The number of hydrogen-bond donors (Lipinski definition) is 1. The monoisotopic (exact) mass is 319 g/mol. The molecule has 1 atom stereocenters. The molecule has 1 N–H and O–H groups in total. The van der Waals surface area contributed by atoms with Gasteiger partial charge in [0.1, 0.15) is 11.6 Å². The highest BCUT2D eigenvalue weighted by Gasteiger charge is 2.30. The third kappa shape index (κ3) is 4.98. The van der Waals surface area contributed by atoms with Gasteiger partial charge in [-0.1, -0.05) is 24.3 Å². The van der Waals surface area contributed by atoms with Gasteiger partial charge < -0.3 is 9.84 Å². The second-order valence-corrected chi connectivity index (χ2v) is 7.17. The van der Waals surface area contributed by atoms with Crippen molar-refractivity contribution in [2.45, 2.75) is 57.6 Å². The minimum atomic E-state index is -1.03. The summed E-state index contributed by atoms with van der Waals surface area (Å²) in [4.78, 5) is 24.9. The predicted octanol–water partition coefficient (Wildman–Crippen LogP) is 3.43. The fraction of sp³-hybridized carbons (Fsp3) is 0.556. The molecule has 23 heavy (non-hydrogen) atoms. The number of carboxylic acid groups (broad SMARTS) is 1. The predicted molar refractivity (Wildman–Crippen MR) is 87.5 cm³/mol. The second-order valence-electron chi connectivity index (χ2n) is 7.17. The first-order valence-electron chi connectivity index (χ1n) is 7.95. The largest absolute Gasteiger partial charge is 0.480 e. The van der Waals surface area contributed by atoms with E-state index < -0.39 is 23.7 Å². The number of hydrogen-bond acceptors (Lipinski definition) is 3. The summed E-state index contributed by atoms with van der Waals surface area (Å²) in [5.74, 6) is -0.419. The van der Waals surface area contributed by atoms with Gasteiger partial charge in [-0.2, -0.15) is 0 Å². The highest BCUT2D eigenvalue weighted by Crippen LogP contribution is 2.40. The number of rotatable bonds is 5. The van der Waals surface area contributed by atoms with Crippen LogP contribution in [0.3, 0.4) is 0 Å². The van der Waals surface area contributed by atoms with Crippen LogP contribution in [0.5, 0.6) is 0 Å². The minimum Gasteiger partial charge on any atom is -0.480 e. The number of likely N-dealkylation sites (N-methyl/N-ethyl adjacent to an activating group) is 1.